The van der Waals surface area contributed by atoms with Crippen LogP contribution in [0.1, 0.15) is 201 Å². The molecule has 0 saturated carbocycles. The van der Waals surface area contributed by atoms with Crippen molar-refractivity contribution in [2.24, 2.45) is 5.92 Å². The van der Waals surface area contributed by atoms with E-state index in [4.69, 9.17) is 19.3 Å². The fourth-order valence-corrected chi connectivity index (χ4v) is 6.71. The molecule has 0 aliphatic carbocycles. The second-order valence-electron chi connectivity index (χ2n) is 15.8. The molecule has 0 saturated heterocycles. The number of allylic oxidation sites excluding steroid dienone is 8. The summed E-state index contributed by atoms with van der Waals surface area (Å²) in [5.41, 5.74) is 0. The van der Waals surface area contributed by atoms with Gasteiger partial charge in [0.15, 0.2) is 6.10 Å². The number of hydrogen-bond donors (Lipinski definition) is 3. The molecule has 58 heavy (non-hydrogen) atoms. The van der Waals surface area contributed by atoms with Crippen LogP contribution in [-0.2, 0) is 28.2 Å². The molecule has 3 atom stereocenters. The SMILES string of the molecule is CC/C=C\C(O)C/C=C/C=C\C/C=C\C/C=C\CCCC(=O)OC[C@H](COP(=O)(O)O)OC(=O)CCCCCCCCCCCCCCCCCCCCC(C)CC. The Hall–Kier alpha value is -2.29. The van der Waals surface area contributed by atoms with Gasteiger partial charge in [0.1, 0.15) is 6.61 Å². The lowest BCUT2D eigenvalue weighted by atomic mass is 9.99. The van der Waals surface area contributed by atoms with E-state index in [1.165, 1.54) is 103 Å². The molecule has 0 heterocycles. The topological polar surface area (TPSA) is 140 Å². The number of ether oxygens (including phenoxy) is 2. The van der Waals surface area contributed by atoms with Gasteiger partial charge in [-0.1, -0.05) is 204 Å². The van der Waals surface area contributed by atoms with Crippen LogP contribution in [0.5, 0.6) is 0 Å². The lowest BCUT2D eigenvalue weighted by Gasteiger charge is -2.18. The number of carbonyl (C=O) groups excluding carboxylic acids is 2. The van der Waals surface area contributed by atoms with E-state index in [9.17, 15) is 19.3 Å². The number of phosphoric acid groups is 1. The summed E-state index contributed by atoms with van der Waals surface area (Å²) in [6.45, 7) is 5.80. The number of aliphatic hydroxyl groups excluding tert-OH is 1. The van der Waals surface area contributed by atoms with Crippen molar-refractivity contribution in [3.63, 3.8) is 0 Å². The zero-order valence-electron chi connectivity index (χ0n) is 37.0. The van der Waals surface area contributed by atoms with Crippen LogP contribution in [0.3, 0.4) is 0 Å². The lowest BCUT2D eigenvalue weighted by Crippen LogP contribution is -2.29. The number of carbonyl (C=O) groups is 2. The lowest BCUT2D eigenvalue weighted by molar-refractivity contribution is -0.161. The molecule has 0 rings (SSSR count). The molecule has 0 aromatic carbocycles. The van der Waals surface area contributed by atoms with Crippen LogP contribution in [0.15, 0.2) is 60.8 Å². The minimum absolute atomic E-state index is 0.170. The number of esters is 2. The van der Waals surface area contributed by atoms with Crippen molar-refractivity contribution in [2.75, 3.05) is 13.2 Å². The van der Waals surface area contributed by atoms with Crippen LogP contribution in [0.25, 0.3) is 0 Å². The predicted octanol–water partition coefficient (Wildman–Crippen LogP) is 13.3. The fourth-order valence-electron chi connectivity index (χ4n) is 6.35. The molecule has 0 fully saturated rings. The van der Waals surface area contributed by atoms with E-state index in [1.807, 2.05) is 55.5 Å². The Labute approximate surface area is 354 Å². The van der Waals surface area contributed by atoms with Gasteiger partial charge >= 0.3 is 19.8 Å². The maximum atomic E-state index is 12.4. The van der Waals surface area contributed by atoms with Gasteiger partial charge in [-0.15, -0.1) is 0 Å². The Balaban J connectivity index is 3.95. The molecule has 0 aromatic rings. The number of hydrogen-bond acceptors (Lipinski definition) is 7. The minimum Gasteiger partial charge on any atom is -0.462 e. The molecule has 3 N–H and O–H groups in total. The summed E-state index contributed by atoms with van der Waals surface area (Å²) in [6, 6.07) is 0. The molecular formula is C48H85O9P. The van der Waals surface area contributed by atoms with Gasteiger partial charge in [-0.05, 0) is 50.9 Å². The molecule has 0 aliphatic rings. The van der Waals surface area contributed by atoms with E-state index in [0.29, 0.717) is 25.7 Å². The highest BCUT2D eigenvalue weighted by Crippen LogP contribution is 2.36. The normalized spacial score (nSPS) is 14.1. The van der Waals surface area contributed by atoms with Gasteiger partial charge in [-0.2, -0.15) is 0 Å². The van der Waals surface area contributed by atoms with Crippen molar-refractivity contribution in [2.45, 2.75) is 213 Å². The number of phosphoric ester groups is 1. The zero-order chi connectivity index (χ0) is 42.8. The molecule has 10 heteroatoms. The summed E-state index contributed by atoms with van der Waals surface area (Å²) >= 11 is 0. The highest BCUT2D eigenvalue weighted by molar-refractivity contribution is 7.46. The van der Waals surface area contributed by atoms with Crippen molar-refractivity contribution in [1.29, 1.82) is 0 Å². The summed E-state index contributed by atoms with van der Waals surface area (Å²) in [5, 5.41) is 9.75. The summed E-state index contributed by atoms with van der Waals surface area (Å²) < 4.78 is 26.4. The molecular weight excluding hydrogens is 751 g/mol. The van der Waals surface area contributed by atoms with Gasteiger partial charge in [-0.25, -0.2) is 4.57 Å². The van der Waals surface area contributed by atoms with Crippen molar-refractivity contribution in [3.05, 3.63) is 60.8 Å². The highest BCUT2D eigenvalue weighted by atomic mass is 31.2. The summed E-state index contributed by atoms with van der Waals surface area (Å²) in [5.74, 6) is -0.0793. The van der Waals surface area contributed by atoms with Crippen LogP contribution in [-0.4, -0.2) is 52.3 Å². The second kappa shape index (κ2) is 41.4. The number of unbranched alkanes of at least 4 members (excludes halogenated alkanes) is 18. The van der Waals surface area contributed by atoms with Crippen molar-refractivity contribution >= 4 is 19.8 Å². The molecule has 0 aromatic heterocycles. The maximum absolute atomic E-state index is 12.4. The van der Waals surface area contributed by atoms with Gasteiger partial charge < -0.3 is 24.4 Å². The Morgan fingerprint density at radius 1 is 0.603 bits per heavy atom. The van der Waals surface area contributed by atoms with Crippen molar-refractivity contribution in [1.82, 2.24) is 0 Å². The highest BCUT2D eigenvalue weighted by Gasteiger charge is 2.23. The van der Waals surface area contributed by atoms with E-state index in [2.05, 4.69) is 30.5 Å². The fraction of sp³-hybridized carbons (Fsp3) is 0.750. The molecule has 0 amide bonds. The molecule has 0 aliphatic heterocycles. The van der Waals surface area contributed by atoms with Crippen molar-refractivity contribution in [3.8, 4) is 0 Å². The van der Waals surface area contributed by atoms with Crippen LogP contribution in [0, 0.1) is 5.92 Å². The monoisotopic (exact) mass is 837 g/mol. The first-order valence-electron chi connectivity index (χ1n) is 23.1. The second-order valence-corrected chi connectivity index (χ2v) is 17.0. The molecule has 336 valence electrons. The van der Waals surface area contributed by atoms with E-state index < -0.39 is 38.6 Å². The van der Waals surface area contributed by atoms with Gasteiger partial charge in [0.05, 0.1) is 12.7 Å². The van der Waals surface area contributed by atoms with Gasteiger partial charge in [0.25, 0.3) is 0 Å². The standard InChI is InChI=1S/C48H85O9P/c1-4-6-38-45(49)39-34-30-26-22-18-15-16-19-23-27-31-35-40-47(50)55-42-46(43-56-58(52,53)54)57-48(51)41-36-32-28-24-20-14-12-10-8-7-9-11-13-17-21-25-29-33-37-44(3)5-2/h6,15-16,22-23,26-27,30,34,38,44-46,49H,4-5,7-14,17-21,24-25,28-29,31-33,35-37,39-43H2,1-3H3,(H2,52,53,54)/b16-15-,26-22-,27-23-,34-30+,38-6-/t44?,45?,46-/m1/s1. The molecule has 2 unspecified atom stereocenters. The smallest absolute Gasteiger partial charge is 0.462 e. The maximum Gasteiger partial charge on any atom is 0.469 e. The Morgan fingerprint density at radius 2 is 1.10 bits per heavy atom. The van der Waals surface area contributed by atoms with E-state index in [1.54, 1.807) is 0 Å². The van der Waals surface area contributed by atoms with Crippen molar-refractivity contribution < 1.29 is 43.0 Å². The first-order valence-corrected chi connectivity index (χ1v) is 24.6. The predicted molar refractivity (Wildman–Crippen MR) is 240 cm³/mol. The van der Waals surface area contributed by atoms with Crippen LogP contribution >= 0.6 is 7.82 Å². The van der Waals surface area contributed by atoms with E-state index >= 15 is 0 Å². The van der Waals surface area contributed by atoms with Gasteiger partial charge in [0.2, 0.25) is 0 Å². The van der Waals surface area contributed by atoms with Gasteiger partial charge in [-0.3, -0.25) is 14.1 Å². The molecule has 0 spiro atoms. The number of rotatable bonds is 41. The third-order valence-electron chi connectivity index (χ3n) is 10.2. The zero-order valence-corrected chi connectivity index (χ0v) is 37.9. The molecule has 9 nitrogen and oxygen atoms in total. The van der Waals surface area contributed by atoms with Gasteiger partial charge in [0, 0.05) is 12.8 Å². The Morgan fingerprint density at radius 3 is 1.66 bits per heavy atom. The molecule has 0 radical (unpaired) electrons. The molecule has 0 bridgehead atoms. The van der Waals surface area contributed by atoms with Crippen LogP contribution < -0.4 is 0 Å². The summed E-state index contributed by atoms with van der Waals surface area (Å²) in [7, 11) is -4.78. The Bertz CT molecular complexity index is 1160. The minimum atomic E-state index is -4.78. The third-order valence-corrected chi connectivity index (χ3v) is 10.7. The first kappa shape index (κ1) is 55.7. The van der Waals surface area contributed by atoms with Crippen LogP contribution in [0.2, 0.25) is 0 Å². The largest absolute Gasteiger partial charge is 0.469 e. The summed E-state index contributed by atoms with van der Waals surface area (Å²) in [4.78, 5) is 42.9. The van der Waals surface area contributed by atoms with E-state index in [-0.39, 0.29) is 19.4 Å². The quantitative estimate of drug-likeness (QED) is 0.0180. The third kappa shape index (κ3) is 43.3. The Kier molecular flexibility index (Phi) is 39.8. The average Bonchev–Trinajstić information content (AvgIpc) is 3.19. The van der Waals surface area contributed by atoms with Crippen LogP contribution in [0.4, 0.5) is 0 Å². The first-order chi connectivity index (χ1) is 28.1. The van der Waals surface area contributed by atoms with E-state index in [0.717, 1.165) is 44.4 Å². The number of aliphatic hydroxyl groups is 1. The average molecular weight is 837 g/mol. The summed E-state index contributed by atoms with van der Waals surface area (Å²) in [6.07, 6.45) is 48.6.